The number of amides is 1. The Morgan fingerprint density at radius 3 is 2.67 bits per heavy atom. The van der Waals surface area contributed by atoms with Crippen LogP contribution in [-0.4, -0.2) is 46.7 Å². The number of rotatable bonds is 5. The van der Waals surface area contributed by atoms with Crippen LogP contribution in [0.3, 0.4) is 0 Å². The van der Waals surface area contributed by atoms with Gasteiger partial charge in [0, 0.05) is 6.61 Å². The van der Waals surface area contributed by atoms with E-state index >= 15 is 0 Å². The number of ether oxygens (including phenoxy) is 1. The van der Waals surface area contributed by atoms with Gasteiger partial charge in [-0.1, -0.05) is 0 Å². The zero-order valence-corrected chi connectivity index (χ0v) is 11.3. The number of carbonyl (C=O) groups is 2. The molecule has 18 heavy (non-hydrogen) atoms. The average molecular weight is 273 g/mol. The van der Waals surface area contributed by atoms with Gasteiger partial charge in [0.1, 0.15) is 5.54 Å². The maximum atomic E-state index is 12.0. The van der Waals surface area contributed by atoms with Crippen LogP contribution in [0.15, 0.2) is 0 Å². The van der Waals surface area contributed by atoms with Gasteiger partial charge in [-0.3, -0.25) is 4.79 Å². The summed E-state index contributed by atoms with van der Waals surface area (Å²) in [6.45, 7) is 2.49. The predicted octanol–water partition coefficient (Wildman–Crippen LogP) is 0.878. The van der Waals surface area contributed by atoms with E-state index in [0.29, 0.717) is 25.9 Å². The van der Waals surface area contributed by atoms with Gasteiger partial charge in [-0.15, -0.1) is 0 Å². The molecule has 0 aromatic heterocycles. The van der Waals surface area contributed by atoms with Crippen molar-refractivity contribution in [2.24, 2.45) is 5.92 Å². The highest BCUT2D eigenvalue weighted by atomic mass is 32.2. The highest BCUT2D eigenvalue weighted by Crippen LogP contribution is 2.35. The molecule has 1 aliphatic heterocycles. The van der Waals surface area contributed by atoms with E-state index < -0.39 is 11.5 Å². The Hall–Kier alpha value is -0.750. The third-order valence-electron chi connectivity index (χ3n) is 3.57. The van der Waals surface area contributed by atoms with Crippen LogP contribution in [-0.2, 0) is 14.3 Å². The third-order valence-corrected chi connectivity index (χ3v) is 4.55. The normalized spacial score (nSPS) is 29.6. The molecule has 2 rings (SSSR count). The van der Waals surface area contributed by atoms with Crippen LogP contribution >= 0.6 is 11.8 Å². The molecule has 0 aromatic carbocycles. The first-order valence-electron chi connectivity index (χ1n) is 6.34. The highest BCUT2D eigenvalue weighted by Gasteiger charge is 2.48. The Morgan fingerprint density at radius 1 is 1.44 bits per heavy atom. The lowest BCUT2D eigenvalue weighted by Gasteiger charge is -2.33. The minimum atomic E-state index is -1.05. The lowest BCUT2D eigenvalue weighted by molar-refractivity contribution is -0.148. The van der Waals surface area contributed by atoms with Crippen LogP contribution < -0.4 is 5.32 Å². The zero-order chi connectivity index (χ0) is 13.2. The second-order valence-electron chi connectivity index (χ2n) is 4.82. The number of carboxylic acids is 1. The lowest BCUT2D eigenvalue weighted by atomic mass is 9.92. The lowest BCUT2D eigenvalue weighted by Crippen LogP contribution is -2.57. The number of thioether (sulfide) groups is 1. The van der Waals surface area contributed by atoms with Crippen molar-refractivity contribution in [2.45, 2.75) is 37.8 Å². The molecule has 0 spiro atoms. The molecule has 1 heterocycles. The van der Waals surface area contributed by atoms with Gasteiger partial charge in [0.15, 0.2) is 0 Å². The molecule has 1 saturated carbocycles. The van der Waals surface area contributed by atoms with E-state index in [0.717, 1.165) is 11.5 Å². The molecule has 1 aliphatic carbocycles. The van der Waals surface area contributed by atoms with Gasteiger partial charge in [0.2, 0.25) is 5.91 Å². The maximum Gasteiger partial charge on any atom is 0.329 e. The van der Waals surface area contributed by atoms with Gasteiger partial charge >= 0.3 is 5.97 Å². The molecular formula is C12H19NO4S. The fraction of sp³-hybridized carbons (Fsp3) is 0.833. The Morgan fingerprint density at radius 2 is 2.11 bits per heavy atom. The van der Waals surface area contributed by atoms with Crippen molar-refractivity contribution in [3.05, 3.63) is 0 Å². The van der Waals surface area contributed by atoms with Crippen LogP contribution in [0.4, 0.5) is 0 Å². The van der Waals surface area contributed by atoms with E-state index in [1.165, 1.54) is 0 Å². The molecule has 2 aliphatic rings. The van der Waals surface area contributed by atoms with E-state index in [1.54, 1.807) is 11.8 Å². The molecule has 102 valence electrons. The highest BCUT2D eigenvalue weighted by molar-refractivity contribution is 7.99. The van der Waals surface area contributed by atoms with Crippen LogP contribution in [0.1, 0.15) is 26.2 Å². The van der Waals surface area contributed by atoms with E-state index in [-0.39, 0.29) is 17.9 Å². The van der Waals surface area contributed by atoms with Crippen molar-refractivity contribution in [1.82, 2.24) is 5.32 Å². The van der Waals surface area contributed by atoms with Crippen molar-refractivity contribution in [3.63, 3.8) is 0 Å². The smallest absolute Gasteiger partial charge is 0.329 e. The number of carboxylic acid groups (broad SMARTS) is 1. The average Bonchev–Trinajstić information content (AvgIpc) is 3.10. The standard InChI is InChI=1S/C12H19NO4S/c1-2-17-9-7-8(9)10(14)13-12(11(15)16)3-5-18-6-4-12/h8-9H,2-7H2,1H3,(H,13,14)(H,15,16). The molecular weight excluding hydrogens is 254 g/mol. The first-order valence-corrected chi connectivity index (χ1v) is 7.49. The van der Waals surface area contributed by atoms with Crippen molar-refractivity contribution in [1.29, 1.82) is 0 Å². The quantitative estimate of drug-likeness (QED) is 0.777. The molecule has 6 heteroatoms. The summed E-state index contributed by atoms with van der Waals surface area (Å²) in [5.41, 5.74) is -1.05. The van der Waals surface area contributed by atoms with Crippen LogP contribution in [0.5, 0.6) is 0 Å². The first kappa shape index (κ1) is 13.7. The van der Waals surface area contributed by atoms with Crippen molar-refractivity contribution in [3.8, 4) is 0 Å². The number of aliphatic carboxylic acids is 1. The van der Waals surface area contributed by atoms with Gasteiger partial charge in [-0.25, -0.2) is 4.79 Å². The van der Waals surface area contributed by atoms with Gasteiger partial charge < -0.3 is 15.2 Å². The Kier molecular flexibility index (Phi) is 4.17. The summed E-state index contributed by atoms with van der Waals surface area (Å²) in [5.74, 6) is 0.335. The molecule has 2 atom stereocenters. The summed E-state index contributed by atoms with van der Waals surface area (Å²) in [4.78, 5) is 23.4. The minimum absolute atomic E-state index is 0.0150. The van der Waals surface area contributed by atoms with E-state index in [2.05, 4.69) is 5.32 Å². The van der Waals surface area contributed by atoms with Gasteiger partial charge in [0.05, 0.1) is 12.0 Å². The van der Waals surface area contributed by atoms with Crippen molar-refractivity contribution in [2.75, 3.05) is 18.1 Å². The zero-order valence-electron chi connectivity index (χ0n) is 10.5. The SMILES string of the molecule is CCOC1CC1C(=O)NC1(C(=O)O)CCSCC1. The molecule has 5 nitrogen and oxygen atoms in total. The number of hydrogen-bond acceptors (Lipinski definition) is 4. The number of hydrogen-bond donors (Lipinski definition) is 2. The molecule has 2 fully saturated rings. The number of nitrogens with one attached hydrogen (secondary N) is 1. The first-order chi connectivity index (χ1) is 8.59. The fourth-order valence-electron chi connectivity index (χ4n) is 2.29. The largest absolute Gasteiger partial charge is 0.480 e. The van der Waals surface area contributed by atoms with E-state index in [4.69, 9.17) is 4.74 Å². The predicted molar refractivity (Wildman–Crippen MR) is 68.6 cm³/mol. The Bertz CT molecular complexity index is 341. The summed E-state index contributed by atoms with van der Waals surface area (Å²) < 4.78 is 5.36. The minimum Gasteiger partial charge on any atom is -0.480 e. The third kappa shape index (κ3) is 2.80. The van der Waals surface area contributed by atoms with E-state index in [1.807, 2.05) is 6.92 Å². The summed E-state index contributed by atoms with van der Waals surface area (Å²) >= 11 is 1.74. The van der Waals surface area contributed by atoms with Gasteiger partial charge in [-0.05, 0) is 37.7 Å². The summed E-state index contributed by atoms with van der Waals surface area (Å²) in [6, 6.07) is 0. The summed E-state index contributed by atoms with van der Waals surface area (Å²) in [5, 5.41) is 12.1. The second kappa shape index (κ2) is 5.48. The number of carbonyl (C=O) groups excluding carboxylic acids is 1. The molecule has 1 saturated heterocycles. The Labute approximate surface area is 111 Å². The monoisotopic (exact) mass is 273 g/mol. The van der Waals surface area contributed by atoms with Gasteiger partial charge in [0.25, 0.3) is 0 Å². The molecule has 1 amide bonds. The topological polar surface area (TPSA) is 75.6 Å². The van der Waals surface area contributed by atoms with Gasteiger partial charge in [-0.2, -0.15) is 11.8 Å². The van der Waals surface area contributed by atoms with Crippen LogP contribution in [0.2, 0.25) is 0 Å². The van der Waals surface area contributed by atoms with Crippen LogP contribution in [0, 0.1) is 5.92 Å². The molecule has 2 N–H and O–H groups in total. The summed E-state index contributed by atoms with van der Waals surface area (Å²) in [7, 11) is 0. The Balaban J connectivity index is 1.93. The maximum absolute atomic E-state index is 12.0. The van der Waals surface area contributed by atoms with Crippen LogP contribution in [0.25, 0.3) is 0 Å². The second-order valence-corrected chi connectivity index (χ2v) is 6.05. The van der Waals surface area contributed by atoms with E-state index in [9.17, 15) is 14.7 Å². The summed E-state index contributed by atoms with van der Waals surface area (Å²) in [6.07, 6.45) is 1.71. The van der Waals surface area contributed by atoms with Crippen molar-refractivity contribution < 1.29 is 19.4 Å². The molecule has 2 unspecified atom stereocenters. The molecule has 0 radical (unpaired) electrons. The molecule has 0 aromatic rings. The van der Waals surface area contributed by atoms with Crippen molar-refractivity contribution >= 4 is 23.6 Å². The fourth-order valence-corrected chi connectivity index (χ4v) is 3.48. The molecule has 0 bridgehead atoms.